The van der Waals surface area contributed by atoms with Crippen LogP contribution in [-0.2, 0) is 0 Å². The van der Waals surface area contributed by atoms with Gasteiger partial charge in [0.2, 0.25) is 0 Å². The first kappa shape index (κ1) is 9.11. The monoisotopic (exact) mass is 179 g/mol. The number of hydrogen-bond donors (Lipinski definition) is 1. The Morgan fingerprint density at radius 3 is 3.00 bits per heavy atom. The van der Waals surface area contributed by atoms with Gasteiger partial charge in [0, 0.05) is 11.7 Å². The summed E-state index contributed by atoms with van der Waals surface area (Å²) in [5.41, 5.74) is 1.27. The molecule has 1 saturated heterocycles. The Bertz CT molecular complexity index is 209. The molecular weight excluding hydrogens is 158 g/mol. The van der Waals surface area contributed by atoms with Crippen LogP contribution in [0.1, 0.15) is 39.5 Å². The van der Waals surface area contributed by atoms with Crippen molar-refractivity contribution in [3.05, 3.63) is 12.3 Å². The lowest BCUT2D eigenvalue weighted by Gasteiger charge is -2.20. The first-order valence-electron chi connectivity index (χ1n) is 5.68. The van der Waals surface area contributed by atoms with E-state index in [0.29, 0.717) is 0 Å². The summed E-state index contributed by atoms with van der Waals surface area (Å²) in [5, 5.41) is 3.55. The number of allylic oxidation sites excluding steroid dienone is 1. The number of piperidine rings is 1. The van der Waals surface area contributed by atoms with Crippen molar-refractivity contribution in [2.45, 2.75) is 45.6 Å². The van der Waals surface area contributed by atoms with E-state index in [0.717, 1.165) is 23.8 Å². The van der Waals surface area contributed by atoms with Crippen LogP contribution in [0, 0.1) is 17.8 Å². The van der Waals surface area contributed by atoms with Gasteiger partial charge in [-0.2, -0.15) is 0 Å². The molecule has 2 fully saturated rings. The van der Waals surface area contributed by atoms with Crippen LogP contribution in [-0.4, -0.2) is 6.04 Å². The smallest absolute Gasteiger partial charge is 0.0324 e. The first-order chi connectivity index (χ1) is 6.24. The van der Waals surface area contributed by atoms with Crippen molar-refractivity contribution in [3.63, 3.8) is 0 Å². The van der Waals surface area contributed by atoms with Crippen molar-refractivity contribution in [1.82, 2.24) is 5.32 Å². The maximum absolute atomic E-state index is 4.05. The number of nitrogens with one attached hydrogen (secondary N) is 1. The van der Waals surface area contributed by atoms with Gasteiger partial charge in [0.25, 0.3) is 0 Å². The first-order valence-corrected chi connectivity index (χ1v) is 5.68. The number of unbranched alkanes of at least 4 members (excludes halogenated alkanes) is 1. The maximum Gasteiger partial charge on any atom is 0.0324 e. The summed E-state index contributed by atoms with van der Waals surface area (Å²) in [6.07, 6.45) is 5.37. The molecule has 0 radical (unpaired) electrons. The van der Waals surface area contributed by atoms with E-state index in [2.05, 4.69) is 25.7 Å². The SMILES string of the molecule is C=C1C[C@H](C)[C@H]2[C@H](CCCC)[C@H]2N1. The van der Waals surface area contributed by atoms with Crippen molar-refractivity contribution in [3.8, 4) is 0 Å². The summed E-state index contributed by atoms with van der Waals surface area (Å²) < 4.78 is 0. The van der Waals surface area contributed by atoms with Crippen molar-refractivity contribution >= 4 is 0 Å². The van der Waals surface area contributed by atoms with E-state index in [1.54, 1.807) is 0 Å². The Morgan fingerprint density at radius 2 is 2.31 bits per heavy atom. The normalized spacial score (nSPS) is 42.5. The molecule has 1 saturated carbocycles. The zero-order chi connectivity index (χ0) is 9.42. The lowest BCUT2D eigenvalue weighted by atomic mass is 9.96. The van der Waals surface area contributed by atoms with Crippen LogP contribution < -0.4 is 5.32 Å². The van der Waals surface area contributed by atoms with Gasteiger partial charge in [0.1, 0.15) is 0 Å². The molecule has 0 aromatic carbocycles. The molecule has 1 heteroatoms. The van der Waals surface area contributed by atoms with Gasteiger partial charge in [-0.25, -0.2) is 0 Å². The lowest BCUT2D eigenvalue weighted by Crippen LogP contribution is -2.25. The number of rotatable bonds is 3. The van der Waals surface area contributed by atoms with Gasteiger partial charge in [-0.3, -0.25) is 0 Å². The molecule has 13 heavy (non-hydrogen) atoms. The molecule has 0 amide bonds. The van der Waals surface area contributed by atoms with Crippen LogP contribution in [0.15, 0.2) is 12.3 Å². The highest BCUT2D eigenvalue weighted by Gasteiger charge is 2.54. The van der Waals surface area contributed by atoms with Crippen LogP contribution in [0.5, 0.6) is 0 Å². The summed E-state index contributed by atoms with van der Waals surface area (Å²) in [5.74, 6) is 2.81. The number of hydrogen-bond acceptors (Lipinski definition) is 1. The van der Waals surface area contributed by atoms with Crippen molar-refractivity contribution in [2.75, 3.05) is 0 Å². The topological polar surface area (TPSA) is 12.0 Å². The molecule has 1 nitrogen and oxygen atoms in total. The highest BCUT2D eigenvalue weighted by Crippen LogP contribution is 2.52. The van der Waals surface area contributed by atoms with E-state index in [-0.39, 0.29) is 0 Å². The average molecular weight is 179 g/mol. The third kappa shape index (κ3) is 1.61. The van der Waals surface area contributed by atoms with Gasteiger partial charge < -0.3 is 5.32 Å². The standard InChI is InChI=1S/C12H21N/c1-4-5-6-10-11-8(2)7-9(3)13-12(10)11/h8,10-13H,3-7H2,1-2H3/t8-,10-,11-,12+/m0/s1. The predicted octanol–water partition coefficient (Wildman–Crippen LogP) is 2.93. The molecule has 1 heterocycles. The van der Waals surface area contributed by atoms with Crippen molar-refractivity contribution in [1.29, 1.82) is 0 Å². The molecule has 0 aromatic rings. The van der Waals surface area contributed by atoms with Gasteiger partial charge >= 0.3 is 0 Å². The van der Waals surface area contributed by atoms with Crippen LogP contribution in [0.2, 0.25) is 0 Å². The van der Waals surface area contributed by atoms with E-state index in [1.807, 2.05) is 0 Å². The van der Waals surface area contributed by atoms with Crippen LogP contribution >= 0.6 is 0 Å². The summed E-state index contributed by atoms with van der Waals surface area (Å²) in [6, 6.07) is 0.794. The molecule has 1 aliphatic heterocycles. The molecule has 1 N–H and O–H groups in total. The molecule has 4 atom stereocenters. The lowest BCUT2D eigenvalue weighted by molar-refractivity contribution is 0.415. The van der Waals surface area contributed by atoms with Gasteiger partial charge in [-0.05, 0) is 30.6 Å². The van der Waals surface area contributed by atoms with E-state index >= 15 is 0 Å². The Hall–Kier alpha value is -0.460. The van der Waals surface area contributed by atoms with Gasteiger partial charge in [0.05, 0.1) is 0 Å². The fraction of sp³-hybridized carbons (Fsp3) is 0.833. The van der Waals surface area contributed by atoms with Crippen LogP contribution in [0.25, 0.3) is 0 Å². The molecule has 0 bridgehead atoms. The van der Waals surface area contributed by atoms with Gasteiger partial charge in [-0.1, -0.05) is 33.3 Å². The summed E-state index contributed by atoms with van der Waals surface area (Å²) in [4.78, 5) is 0. The zero-order valence-electron chi connectivity index (χ0n) is 8.84. The Morgan fingerprint density at radius 1 is 1.54 bits per heavy atom. The van der Waals surface area contributed by atoms with Crippen molar-refractivity contribution < 1.29 is 0 Å². The van der Waals surface area contributed by atoms with E-state index < -0.39 is 0 Å². The third-order valence-electron chi connectivity index (χ3n) is 3.72. The quantitative estimate of drug-likeness (QED) is 0.702. The molecule has 0 aromatic heterocycles. The Labute approximate surface area is 81.6 Å². The minimum Gasteiger partial charge on any atom is -0.385 e. The summed E-state index contributed by atoms with van der Waals surface area (Å²) in [6.45, 7) is 8.71. The molecular formula is C12H21N. The minimum absolute atomic E-state index is 0.794. The minimum atomic E-state index is 0.794. The molecule has 2 aliphatic rings. The van der Waals surface area contributed by atoms with E-state index in [1.165, 1.54) is 31.4 Å². The Balaban J connectivity index is 1.87. The van der Waals surface area contributed by atoms with Crippen LogP contribution in [0.3, 0.4) is 0 Å². The molecule has 2 rings (SSSR count). The second kappa shape index (κ2) is 3.36. The third-order valence-corrected chi connectivity index (χ3v) is 3.72. The average Bonchev–Trinajstić information content (AvgIpc) is 2.74. The molecule has 1 aliphatic carbocycles. The van der Waals surface area contributed by atoms with E-state index in [4.69, 9.17) is 0 Å². The predicted molar refractivity (Wildman–Crippen MR) is 56.3 cm³/mol. The van der Waals surface area contributed by atoms with Crippen LogP contribution in [0.4, 0.5) is 0 Å². The van der Waals surface area contributed by atoms with Gasteiger partial charge in [0.15, 0.2) is 0 Å². The molecule has 74 valence electrons. The van der Waals surface area contributed by atoms with Gasteiger partial charge in [-0.15, -0.1) is 0 Å². The molecule has 0 spiro atoms. The fourth-order valence-electron chi connectivity index (χ4n) is 3.01. The summed E-state index contributed by atoms with van der Waals surface area (Å²) >= 11 is 0. The second-order valence-corrected chi connectivity index (χ2v) is 4.84. The fourth-order valence-corrected chi connectivity index (χ4v) is 3.01. The molecule has 0 unspecified atom stereocenters. The highest BCUT2D eigenvalue weighted by atomic mass is 15.0. The van der Waals surface area contributed by atoms with Crippen molar-refractivity contribution in [2.24, 2.45) is 17.8 Å². The zero-order valence-corrected chi connectivity index (χ0v) is 8.84. The largest absolute Gasteiger partial charge is 0.385 e. The number of fused-ring (bicyclic) bond motifs is 1. The second-order valence-electron chi connectivity index (χ2n) is 4.84. The van der Waals surface area contributed by atoms with E-state index in [9.17, 15) is 0 Å². The Kier molecular flexibility index (Phi) is 2.35. The maximum atomic E-state index is 4.05. The summed E-state index contributed by atoms with van der Waals surface area (Å²) in [7, 11) is 0. The highest BCUT2D eigenvalue weighted by molar-refractivity contribution is 5.16.